The summed E-state index contributed by atoms with van der Waals surface area (Å²) in [6, 6.07) is 48.9. The van der Waals surface area contributed by atoms with Crippen molar-refractivity contribution in [3.63, 3.8) is 0 Å². The molecule has 0 radical (unpaired) electrons. The van der Waals surface area contributed by atoms with Gasteiger partial charge in [-0.15, -0.1) is 0 Å². The number of rotatable bonds is 5. The van der Waals surface area contributed by atoms with Crippen molar-refractivity contribution in [3.05, 3.63) is 168 Å². The largest absolute Gasteiger partial charge is 0.354 e. The molecule has 0 saturated carbocycles. The maximum absolute atomic E-state index is 5.42. The highest BCUT2D eigenvalue weighted by atomic mass is 127. The van der Waals surface area contributed by atoms with Gasteiger partial charge < -0.3 is 9.97 Å². The second-order valence-corrected chi connectivity index (χ2v) is 13.2. The molecule has 0 aliphatic carbocycles. The Morgan fingerprint density at radius 3 is 1.16 bits per heavy atom. The maximum atomic E-state index is 5.42. The molecule has 7 aromatic rings. The fourth-order valence-corrected chi connectivity index (χ4v) is 7.69. The van der Waals surface area contributed by atoms with E-state index in [1.54, 1.807) is 0 Å². The van der Waals surface area contributed by atoms with Gasteiger partial charge in [-0.3, -0.25) is 0 Å². The summed E-state index contributed by atoms with van der Waals surface area (Å²) in [4.78, 5) is 18.6. The maximum Gasteiger partial charge on any atom is 0.0737 e. The first-order valence-corrected chi connectivity index (χ1v) is 18.2. The van der Waals surface area contributed by atoms with Crippen LogP contribution < -0.4 is 0 Å². The third-order valence-electron chi connectivity index (χ3n) is 9.34. The van der Waals surface area contributed by atoms with Gasteiger partial charge in [0.15, 0.2) is 0 Å². The normalized spacial score (nSPS) is 12.0. The zero-order valence-corrected chi connectivity index (χ0v) is 29.2. The first kappa shape index (κ1) is 30.3. The number of hydrogen-bond donors (Lipinski definition) is 2. The van der Waals surface area contributed by atoms with Gasteiger partial charge in [-0.2, -0.15) is 0 Å². The zero-order valence-electron chi connectivity index (χ0n) is 27.1. The summed E-state index contributed by atoms with van der Waals surface area (Å²) in [6.07, 6.45) is 8.62. The molecule has 4 nitrogen and oxygen atoms in total. The van der Waals surface area contributed by atoms with E-state index < -0.39 is 0 Å². The number of H-pyrrole nitrogens is 2. The van der Waals surface area contributed by atoms with Crippen molar-refractivity contribution < 1.29 is 0 Å². The van der Waals surface area contributed by atoms with E-state index in [1.807, 2.05) is 0 Å². The van der Waals surface area contributed by atoms with Gasteiger partial charge in [0, 0.05) is 43.2 Å². The van der Waals surface area contributed by atoms with E-state index in [0.29, 0.717) is 0 Å². The molecule has 0 fully saturated rings. The number of aromatic nitrogens is 4. The van der Waals surface area contributed by atoms with E-state index in [0.717, 1.165) is 93.8 Å². The lowest BCUT2D eigenvalue weighted by Gasteiger charge is -2.07. The van der Waals surface area contributed by atoms with Crippen LogP contribution in [0.25, 0.3) is 90.9 Å². The molecule has 2 N–H and O–H groups in total. The molecule has 0 spiro atoms. The highest BCUT2D eigenvalue weighted by Crippen LogP contribution is 2.39. The van der Waals surface area contributed by atoms with Crippen LogP contribution in [0.1, 0.15) is 28.3 Å². The Morgan fingerprint density at radius 1 is 0.400 bits per heavy atom. The fraction of sp³-hybridized carbons (Fsp3) is 0.0222. The molecule has 0 atom stereocenters. The van der Waals surface area contributed by atoms with E-state index in [-0.39, 0.29) is 0 Å². The molecule has 2 aliphatic rings. The van der Waals surface area contributed by atoms with Crippen molar-refractivity contribution in [3.8, 4) is 44.5 Å². The van der Waals surface area contributed by atoms with Gasteiger partial charge in [0.1, 0.15) is 0 Å². The highest BCUT2D eigenvalue weighted by Gasteiger charge is 2.20. The van der Waals surface area contributed by atoms with Crippen molar-refractivity contribution in [1.29, 1.82) is 0 Å². The topological polar surface area (TPSA) is 57.4 Å². The summed E-state index contributed by atoms with van der Waals surface area (Å²) in [5.41, 5.74) is 17.6. The Morgan fingerprint density at radius 2 is 0.760 bits per heavy atom. The van der Waals surface area contributed by atoms with E-state index in [4.69, 9.17) is 9.97 Å². The number of fused-ring (bicyclic) bond motifs is 8. The first-order valence-electron chi connectivity index (χ1n) is 16.7. The Bertz CT molecular complexity index is 2600. The van der Waals surface area contributed by atoms with Gasteiger partial charge in [-0.25, -0.2) is 9.97 Å². The summed E-state index contributed by atoms with van der Waals surface area (Å²) in [5.74, 6) is 0. The molecular formula is C45H31IN4. The third-order valence-corrected chi connectivity index (χ3v) is 10.2. The van der Waals surface area contributed by atoms with Crippen LogP contribution >= 0.6 is 22.6 Å². The van der Waals surface area contributed by atoms with Crippen LogP contribution in [0.5, 0.6) is 0 Å². The Kier molecular flexibility index (Phi) is 7.82. The standard InChI is InChI=1S/C45H31IN4/c46-28-33-27-40-43(31-17-9-3-10-18-31)38-24-23-36(48-38)41(29-13-5-1-6-14-29)34-21-22-35(47-34)42(30-15-7-2-8-16-30)37-25-26-39(49-37)44(45(33)50-40)32-19-11-4-12-20-32/h1-27,47,50H,28H2. The molecule has 4 aromatic carbocycles. The third kappa shape index (κ3) is 5.40. The minimum atomic E-state index is 0.827. The van der Waals surface area contributed by atoms with Gasteiger partial charge >= 0.3 is 0 Å². The monoisotopic (exact) mass is 754 g/mol. The second kappa shape index (κ2) is 12.9. The fourth-order valence-electron chi connectivity index (χ4n) is 7.09. The number of aromatic amines is 2. The van der Waals surface area contributed by atoms with E-state index >= 15 is 0 Å². The number of benzene rings is 4. The van der Waals surface area contributed by atoms with E-state index in [1.165, 1.54) is 5.56 Å². The number of nitrogens with zero attached hydrogens (tertiary/aromatic N) is 2. The zero-order chi connectivity index (χ0) is 33.4. The van der Waals surface area contributed by atoms with Crippen molar-refractivity contribution in [2.24, 2.45) is 0 Å². The summed E-state index contributed by atoms with van der Waals surface area (Å²) >= 11 is 2.48. The van der Waals surface area contributed by atoms with E-state index in [9.17, 15) is 0 Å². The SMILES string of the molecule is ICc1cc2[nH]c1c(-c1ccccc1)c1nc(c(-c3ccccc3)c3ccc([nH]3)c(-c3ccccc3)c3nc(c2-c2ccccc2)C=C3)C=C1. The summed E-state index contributed by atoms with van der Waals surface area (Å²) in [7, 11) is 0. The van der Waals surface area contributed by atoms with Gasteiger partial charge in [0.2, 0.25) is 0 Å². The summed E-state index contributed by atoms with van der Waals surface area (Å²) in [6.45, 7) is 0. The van der Waals surface area contributed by atoms with Crippen molar-refractivity contribution >= 4 is 69.0 Å². The van der Waals surface area contributed by atoms with Gasteiger partial charge in [0.05, 0.1) is 28.3 Å². The predicted molar refractivity (Wildman–Crippen MR) is 218 cm³/mol. The van der Waals surface area contributed by atoms with Crippen LogP contribution in [-0.2, 0) is 4.43 Å². The second-order valence-electron chi connectivity index (χ2n) is 12.4. The lowest BCUT2D eigenvalue weighted by atomic mass is 10.0. The lowest BCUT2D eigenvalue weighted by Crippen LogP contribution is -1.90. The minimum absolute atomic E-state index is 0.827. The Balaban J connectivity index is 1.51. The molecule has 9 rings (SSSR count). The van der Waals surface area contributed by atoms with Crippen LogP contribution in [0.2, 0.25) is 0 Å². The number of nitrogens with one attached hydrogen (secondary N) is 2. The molecule has 5 heteroatoms. The molecule has 50 heavy (non-hydrogen) atoms. The minimum Gasteiger partial charge on any atom is -0.354 e. The molecular weight excluding hydrogens is 723 g/mol. The molecule has 0 amide bonds. The predicted octanol–water partition coefficient (Wildman–Crippen LogP) is 12.3. The van der Waals surface area contributed by atoms with Crippen LogP contribution in [0, 0.1) is 0 Å². The summed E-state index contributed by atoms with van der Waals surface area (Å²) in [5, 5.41) is 0. The van der Waals surface area contributed by atoms with Crippen LogP contribution in [-0.4, -0.2) is 19.9 Å². The number of hydrogen-bond acceptors (Lipinski definition) is 2. The highest BCUT2D eigenvalue weighted by molar-refractivity contribution is 14.1. The van der Waals surface area contributed by atoms with Gasteiger partial charge in [-0.1, -0.05) is 144 Å². The average molecular weight is 755 g/mol. The van der Waals surface area contributed by atoms with Crippen LogP contribution in [0.4, 0.5) is 0 Å². The molecule has 0 saturated heterocycles. The van der Waals surface area contributed by atoms with Gasteiger partial charge in [-0.05, 0) is 70.3 Å². The molecule has 3 aromatic heterocycles. The van der Waals surface area contributed by atoms with E-state index in [2.05, 4.69) is 196 Å². The summed E-state index contributed by atoms with van der Waals surface area (Å²) < 4.78 is 0.827. The Hall–Kier alpha value is -5.79. The molecule has 8 bridgehead atoms. The lowest BCUT2D eigenvalue weighted by molar-refractivity contribution is 1.31. The molecule has 2 aliphatic heterocycles. The average Bonchev–Trinajstić information content (AvgIpc) is 4.00. The van der Waals surface area contributed by atoms with Crippen molar-refractivity contribution in [1.82, 2.24) is 19.9 Å². The van der Waals surface area contributed by atoms with Crippen LogP contribution in [0.3, 0.4) is 0 Å². The first-order chi connectivity index (χ1) is 24.7. The van der Waals surface area contributed by atoms with Crippen molar-refractivity contribution in [2.75, 3.05) is 0 Å². The number of halogens is 1. The van der Waals surface area contributed by atoms with Crippen LogP contribution in [0.15, 0.2) is 140 Å². The Labute approximate surface area is 304 Å². The van der Waals surface area contributed by atoms with Gasteiger partial charge in [0.25, 0.3) is 0 Å². The molecule has 5 heterocycles. The number of alkyl halides is 1. The van der Waals surface area contributed by atoms with Crippen molar-refractivity contribution in [2.45, 2.75) is 4.43 Å². The smallest absolute Gasteiger partial charge is 0.0737 e. The molecule has 238 valence electrons. The quantitative estimate of drug-likeness (QED) is 0.136. The molecule has 0 unspecified atom stereocenters.